The van der Waals surface area contributed by atoms with E-state index in [4.69, 9.17) is 4.74 Å². The molecule has 21 heavy (non-hydrogen) atoms. The van der Waals surface area contributed by atoms with E-state index in [9.17, 15) is 0 Å². The van der Waals surface area contributed by atoms with Crippen LogP contribution in [0.5, 0.6) is 11.6 Å². The number of hydrogen-bond acceptors (Lipinski definition) is 3. The van der Waals surface area contributed by atoms with Crippen molar-refractivity contribution in [1.82, 2.24) is 10.3 Å². The Bertz CT molecular complexity index is 567. The first kappa shape index (κ1) is 15.5. The average molecular weight is 284 g/mol. The van der Waals surface area contributed by atoms with E-state index >= 15 is 0 Å². The molecule has 0 unspecified atom stereocenters. The topological polar surface area (TPSA) is 34.2 Å². The highest BCUT2D eigenvalue weighted by Gasteiger charge is 2.08. The molecule has 0 amide bonds. The van der Waals surface area contributed by atoms with E-state index < -0.39 is 0 Å². The molecule has 0 spiro atoms. The largest absolute Gasteiger partial charge is 0.439 e. The summed E-state index contributed by atoms with van der Waals surface area (Å²) in [5, 5.41) is 3.39. The van der Waals surface area contributed by atoms with Crippen LogP contribution in [0.25, 0.3) is 0 Å². The predicted octanol–water partition coefficient (Wildman–Crippen LogP) is 4.50. The minimum Gasteiger partial charge on any atom is -0.439 e. The molecule has 2 aromatic rings. The number of aromatic nitrogens is 1. The van der Waals surface area contributed by atoms with Gasteiger partial charge in [0.1, 0.15) is 5.75 Å². The van der Waals surface area contributed by atoms with Crippen LogP contribution >= 0.6 is 0 Å². The van der Waals surface area contributed by atoms with Crippen LogP contribution < -0.4 is 10.1 Å². The van der Waals surface area contributed by atoms with Crippen LogP contribution in [-0.4, -0.2) is 11.5 Å². The summed E-state index contributed by atoms with van der Waals surface area (Å²) in [5.41, 5.74) is 2.39. The summed E-state index contributed by atoms with van der Waals surface area (Å²) in [7, 11) is 0. The molecule has 112 valence electrons. The zero-order valence-electron chi connectivity index (χ0n) is 13.1. The highest BCUT2D eigenvalue weighted by atomic mass is 16.5. The molecule has 0 bridgehead atoms. The van der Waals surface area contributed by atoms with Gasteiger partial charge in [-0.2, -0.15) is 0 Å². The van der Waals surface area contributed by atoms with E-state index in [0.717, 1.165) is 25.3 Å². The van der Waals surface area contributed by atoms with Crippen molar-refractivity contribution >= 4 is 0 Å². The van der Waals surface area contributed by atoms with Gasteiger partial charge in [-0.25, -0.2) is 4.98 Å². The van der Waals surface area contributed by atoms with Gasteiger partial charge in [-0.3, -0.25) is 0 Å². The van der Waals surface area contributed by atoms with Crippen molar-refractivity contribution in [3.05, 3.63) is 53.7 Å². The lowest BCUT2D eigenvalue weighted by atomic mass is 10.0. The van der Waals surface area contributed by atoms with E-state index in [2.05, 4.69) is 37.1 Å². The van der Waals surface area contributed by atoms with Crippen molar-refractivity contribution in [3.63, 3.8) is 0 Å². The second-order valence-corrected chi connectivity index (χ2v) is 5.47. The van der Waals surface area contributed by atoms with E-state index in [1.165, 1.54) is 11.1 Å². The molecule has 1 N–H and O–H groups in total. The molecule has 1 aromatic heterocycles. The summed E-state index contributed by atoms with van der Waals surface area (Å²) >= 11 is 0. The van der Waals surface area contributed by atoms with Crippen molar-refractivity contribution in [2.75, 3.05) is 6.54 Å². The normalized spacial score (nSPS) is 10.9. The van der Waals surface area contributed by atoms with Crippen molar-refractivity contribution in [2.45, 2.75) is 39.7 Å². The van der Waals surface area contributed by atoms with Crippen LogP contribution in [0.3, 0.4) is 0 Å². The van der Waals surface area contributed by atoms with Gasteiger partial charge in [0.05, 0.1) is 0 Å². The molecule has 2 rings (SSSR count). The Morgan fingerprint density at radius 2 is 2.00 bits per heavy atom. The van der Waals surface area contributed by atoms with Crippen LogP contribution in [0.1, 0.15) is 44.2 Å². The van der Waals surface area contributed by atoms with Gasteiger partial charge in [0, 0.05) is 18.8 Å². The Morgan fingerprint density at radius 1 is 1.19 bits per heavy atom. The zero-order valence-corrected chi connectivity index (χ0v) is 13.1. The van der Waals surface area contributed by atoms with Gasteiger partial charge in [0.15, 0.2) is 0 Å². The summed E-state index contributed by atoms with van der Waals surface area (Å²) in [6, 6.07) is 12.2. The molecule has 1 heterocycles. The fourth-order valence-corrected chi connectivity index (χ4v) is 2.19. The third kappa shape index (κ3) is 4.57. The fraction of sp³-hybridized carbons (Fsp3) is 0.389. The Balaban J connectivity index is 2.11. The SMILES string of the molecule is CCCNCc1ccnc(Oc2ccccc2C(C)C)c1. The first-order valence-corrected chi connectivity index (χ1v) is 7.63. The van der Waals surface area contributed by atoms with E-state index in [1.807, 2.05) is 30.3 Å². The van der Waals surface area contributed by atoms with E-state index in [1.54, 1.807) is 6.20 Å². The zero-order chi connectivity index (χ0) is 15.1. The van der Waals surface area contributed by atoms with Gasteiger partial charge in [-0.1, -0.05) is 39.0 Å². The molecule has 3 heteroatoms. The van der Waals surface area contributed by atoms with Crippen molar-refractivity contribution in [2.24, 2.45) is 0 Å². The monoisotopic (exact) mass is 284 g/mol. The summed E-state index contributed by atoms with van der Waals surface area (Å²) < 4.78 is 5.98. The smallest absolute Gasteiger partial charge is 0.219 e. The van der Waals surface area contributed by atoms with Crippen LogP contribution in [0, 0.1) is 0 Å². The molecule has 0 atom stereocenters. The molecule has 0 saturated heterocycles. The number of hydrogen-bond donors (Lipinski definition) is 1. The Hall–Kier alpha value is -1.87. The first-order chi connectivity index (χ1) is 10.2. The highest BCUT2D eigenvalue weighted by Crippen LogP contribution is 2.29. The van der Waals surface area contributed by atoms with Gasteiger partial charge in [-0.05, 0) is 42.1 Å². The number of rotatable bonds is 7. The summed E-state index contributed by atoms with van der Waals surface area (Å²) in [5.74, 6) is 1.97. The van der Waals surface area contributed by atoms with Gasteiger partial charge < -0.3 is 10.1 Å². The van der Waals surface area contributed by atoms with E-state index in [-0.39, 0.29) is 0 Å². The molecule has 0 radical (unpaired) electrons. The minimum atomic E-state index is 0.426. The van der Waals surface area contributed by atoms with Crippen molar-refractivity contribution < 1.29 is 4.74 Å². The van der Waals surface area contributed by atoms with Gasteiger partial charge in [-0.15, -0.1) is 0 Å². The number of para-hydroxylation sites is 1. The summed E-state index contributed by atoms with van der Waals surface area (Å²) in [4.78, 5) is 4.31. The Kier molecular flexibility index (Phi) is 5.76. The molecular weight excluding hydrogens is 260 g/mol. The van der Waals surface area contributed by atoms with Crippen LogP contribution in [0.15, 0.2) is 42.6 Å². The lowest BCUT2D eigenvalue weighted by Crippen LogP contribution is -2.13. The van der Waals surface area contributed by atoms with Gasteiger partial charge in [0.25, 0.3) is 0 Å². The average Bonchev–Trinajstić information content (AvgIpc) is 2.48. The fourth-order valence-electron chi connectivity index (χ4n) is 2.19. The number of nitrogens with one attached hydrogen (secondary N) is 1. The number of benzene rings is 1. The van der Waals surface area contributed by atoms with Crippen molar-refractivity contribution in [1.29, 1.82) is 0 Å². The maximum absolute atomic E-state index is 5.98. The highest BCUT2D eigenvalue weighted by molar-refractivity contribution is 5.38. The Morgan fingerprint density at radius 3 is 2.76 bits per heavy atom. The molecule has 0 saturated carbocycles. The molecular formula is C18H24N2O. The predicted molar refractivity (Wildman–Crippen MR) is 86.8 cm³/mol. The number of nitrogens with zero attached hydrogens (tertiary/aromatic N) is 1. The van der Waals surface area contributed by atoms with E-state index in [0.29, 0.717) is 11.8 Å². The van der Waals surface area contributed by atoms with Gasteiger partial charge >= 0.3 is 0 Å². The van der Waals surface area contributed by atoms with Gasteiger partial charge in [0.2, 0.25) is 5.88 Å². The molecule has 0 aliphatic carbocycles. The minimum absolute atomic E-state index is 0.426. The molecule has 0 fully saturated rings. The second kappa shape index (κ2) is 7.79. The lowest BCUT2D eigenvalue weighted by Gasteiger charge is -2.13. The maximum Gasteiger partial charge on any atom is 0.219 e. The number of ether oxygens (including phenoxy) is 1. The summed E-state index contributed by atoms with van der Waals surface area (Å²) in [6.07, 6.45) is 2.94. The Labute approximate surface area is 127 Å². The third-order valence-corrected chi connectivity index (χ3v) is 3.31. The molecule has 0 aliphatic rings. The first-order valence-electron chi connectivity index (χ1n) is 7.63. The van der Waals surface area contributed by atoms with Crippen LogP contribution in [0.4, 0.5) is 0 Å². The summed E-state index contributed by atoms with van der Waals surface area (Å²) in [6.45, 7) is 8.37. The van der Waals surface area contributed by atoms with Crippen LogP contribution in [-0.2, 0) is 6.54 Å². The quantitative estimate of drug-likeness (QED) is 0.760. The standard InChI is InChI=1S/C18H24N2O/c1-4-10-19-13-15-9-11-20-18(12-15)21-17-8-6-5-7-16(17)14(2)3/h5-9,11-12,14,19H,4,10,13H2,1-3H3. The number of pyridine rings is 1. The molecule has 1 aromatic carbocycles. The molecule has 3 nitrogen and oxygen atoms in total. The van der Waals surface area contributed by atoms with Crippen molar-refractivity contribution in [3.8, 4) is 11.6 Å². The maximum atomic E-state index is 5.98. The lowest BCUT2D eigenvalue weighted by molar-refractivity contribution is 0.453. The second-order valence-electron chi connectivity index (χ2n) is 5.47. The molecule has 0 aliphatic heterocycles. The van der Waals surface area contributed by atoms with Crippen LogP contribution in [0.2, 0.25) is 0 Å². The third-order valence-electron chi connectivity index (χ3n) is 3.31.